The molecule has 0 amide bonds. The van der Waals surface area contributed by atoms with Gasteiger partial charge in [-0.25, -0.2) is 9.37 Å². The van der Waals surface area contributed by atoms with Crippen LogP contribution in [0, 0.1) is 9.39 Å². The summed E-state index contributed by atoms with van der Waals surface area (Å²) in [5.41, 5.74) is 8.48. The van der Waals surface area contributed by atoms with E-state index in [1.807, 2.05) is 57.5 Å². The van der Waals surface area contributed by atoms with E-state index in [0.29, 0.717) is 16.1 Å². The van der Waals surface area contributed by atoms with Crippen LogP contribution in [0.4, 0.5) is 10.3 Å². The molecule has 3 aromatic rings. The molecule has 5 heteroatoms. The summed E-state index contributed by atoms with van der Waals surface area (Å²) in [5.74, 6) is 0.155. The molecular weight excluding hydrogens is 356 g/mol. The molecule has 0 radical (unpaired) electrons. The van der Waals surface area contributed by atoms with E-state index in [2.05, 4.69) is 4.98 Å². The maximum atomic E-state index is 13.7. The average molecular weight is 367 g/mol. The Kier molecular flexibility index (Phi) is 3.14. The minimum absolute atomic E-state index is 0.248. The number of hydrogen-bond acceptors (Lipinski definition) is 2. The molecule has 1 heterocycles. The van der Waals surface area contributed by atoms with Gasteiger partial charge in [0.25, 0.3) is 0 Å². The number of benzene rings is 2. The molecule has 0 unspecified atom stereocenters. The van der Waals surface area contributed by atoms with Crippen LogP contribution in [0.15, 0.2) is 42.5 Å². The third-order valence-electron chi connectivity index (χ3n) is 3.00. The Morgan fingerprint density at radius 1 is 1.21 bits per heavy atom. The predicted molar refractivity (Wildman–Crippen MR) is 82.4 cm³/mol. The van der Waals surface area contributed by atoms with Crippen LogP contribution in [0.1, 0.15) is 5.56 Å². The number of fused-ring (bicyclic) bond motifs is 1. The van der Waals surface area contributed by atoms with E-state index in [4.69, 9.17) is 5.73 Å². The molecule has 19 heavy (non-hydrogen) atoms. The number of halogens is 2. The Hall–Kier alpha value is -1.63. The van der Waals surface area contributed by atoms with Gasteiger partial charge in [-0.1, -0.05) is 30.3 Å². The van der Waals surface area contributed by atoms with E-state index in [1.54, 1.807) is 6.07 Å². The van der Waals surface area contributed by atoms with Crippen molar-refractivity contribution in [3.63, 3.8) is 0 Å². The molecule has 0 aliphatic heterocycles. The van der Waals surface area contributed by atoms with E-state index >= 15 is 0 Å². The maximum absolute atomic E-state index is 13.7. The number of nitrogens with zero attached hydrogens (tertiary/aromatic N) is 2. The highest BCUT2D eigenvalue weighted by molar-refractivity contribution is 14.1. The zero-order valence-electron chi connectivity index (χ0n) is 9.98. The highest BCUT2D eigenvalue weighted by Crippen LogP contribution is 2.23. The van der Waals surface area contributed by atoms with Gasteiger partial charge in [0, 0.05) is 6.07 Å². The van der Waals surface area contributed by atoms with Gasteiger partial charge >= 0.3 is 0 Å². The molecule has 0 saturated carbocycles. The van der Waals surface area contributed by atoms with Gasteiger partial charge in [-0.15, -0.1) is 0 Å². The fraction of sp³-hybridized carbons (Fsp3) is 0.0714. The summed E-state index contributed by atoms with van der Waals surface area (Å²) in [6.07, 6.45) is 0. The Balaban J connectivity index is 2.13. The summed E-state index contributed by atoms with van der Waals surface area (Å²) >= 11 is 1.95. The van der Waals surface area contributed by atoms with Crippen LogP contribution in [-0.2, 0) is 6.54 Å². The standard InChI is InChI=1S/C14H11FIN3/c15-10-6-13-12(7-11(10)16)18-14(17)19(13)8-9-4-2-1-3-5-9/h1-7H,8H2,(H2,17,18). The van der Waals surface area contributed by atoms with Gasteiger partial charge in [-0.3, -0.25) is 0 Å². The third kappa shape index (κ3) is 2.30. The van der Waals surface area contributed by atoms with Crippen molar-refractivity contribution in [3.8, 4) is 0 Å². The van der Waals surface area contributed by atoms with Crippen LogP contribution in [0.2, 0.25) is 0 Å². The van der Waals surface area contributed by atoms with Gasteiger partial charge in [-0.2, -0.15) is 0 Å². The van der Waals surface area contributed by atoms with E-state index < -0.39 is 0 Å². The molecule has 0 aliphatic rings. The quantitative estimate of drug-likeness (QED) is 0.706. The average Bonchev–Trinajstić information content (AvgIpc) is 2.68. The van der Waals surface area contributed by atoms with Crippen molar-refractivity contribution in [2.75, 3.05) is 5.73 Å². The van der Waals surface area contributed by atoms with Crippen LogP contribution < -0.4 is 5.73 Å². The molecule has 0 saturated heterocycles. The summed E-state index contributed by atoms with van der Waals surface area (Å²) in [6, 6.07) is 13.1. The van der Waals surface area contributed by atoms with Crippen LogP contribution in [-0.4, -0.2) is 9.55 Å². The number of nitrogen functional groups attached to an aromatic ring is 1. The minimum Gasteiger partial charge on any atom is -0.369 e. The van der Waals surface area contributed by atoms with Crippen LogP contribution >= 0.6 is 22.6 Å². The van der Waals surface area contributed by atoms with Gasteiger partial charge in [0.1, 0.15) is 5.82 Å². The normalized spacial score (nSPS) is 11.1. The summed E-state index contributed by atoms with van der Waals surface area (Å²) in [7, 11) is 0. The second-order valence-corrected chi connectivity index (χ2v) is 5.46. The lowest BCUT2D eigenvalue weighted by Crippen LogP contribution is -2.04. The number of imidazole rings is 1. The van der Waals surface area contributed by atoms with Crippen molar-refractivity contribution in [3.05, 3.63) is 57.4 Å². The smallest absolute Gasteiger partial charge is 0.201 e. The van der Waals surface area contributed by atoms with Crippen molar-refractivity contribution >= 4 is 39.6 Å². The summed E-state index contributed by atoms with van der Waals surface area (Å²) < 4.78 is 16.1. The first-order valence-corrected chi connectivity index (χ1v) is 6.87. The molecule has 2 N–H and O–H groups in total. The topological polar surface area (TPSA) is 43.8 Å². The third-order valence-corrected chi connectivity index (χ3v) is 3.83. The number of anilines is 1. The van der Waals surface area contributed by atoms with Crippen LogP contribution in [0.25, 0.3) is 11.0 Å². The molecule has 2 aromatic carbocycles. The summed E-state index contributed by atoms with van der Waals surface area (Å²) in [4.78, 5) is 4.28. The van der Waals surface area contributed by atoms with Gasteiger partial charge in [-0.05, 0) is 34.2 Å². The van der Waals surface area contributed by atoms with Crippen molar-refractivity contribution in [2.45, 2.75) is 6.54 Å². The lowest BCUT2D eigenvalue weighted by Gasteiger charge is -2.06. The van der Waals surface area contributed by atoms with Crippen molar-refractivity contribution in [1.29, 1.82) is 0 Å². The molecule has 0 aliphatic carbocycles. The highest BCUT2D eigenvalue weighted by Gasteiger charge is 2.11. The van der Waals surface area contributed by atoms with Gasteiger partial charge in [0.15, 0.2) is 0 Å². The van der Waals surface area contributed by atoms with Crippen molar-refractivity contribution < 1.29 is 4.39 Å². The summed E-state index contributed by atoms with van der Waals surface area (Å²) in [6.45, 7) is 0.587. The van der Waals surface area contributed by atoms with Gasteiger partial charge in [0.05, 0.1) is 21.1 Å². The molecular formula is C14H11FIN3. The molecule has 1 aromatic heterocycles. The minimum atomic E-state index is -0.248. The SMILES string of the molecule is Nc1nc2cc(I)c(F)cc2n1Cc1ccccc1. The first-order chi connectivity index (χ1) is 9.15. The first kappa shape index (κ1) is 12.4. The van der Waals surface area contributed by atoms with E-state index in [0.717, 1.165) is 16.6 Å². The second kappa shape index (κ2) is 4.80. The zero-order valence-corrected chi connectivity index (χ0v) is 12.1. The fourth-order valence-corrected chi connectivity index (χ4v) is 2.52. The number of aromatic nitrogens is 2. The van der Waals surface area contributed by atoms with Crippen molar-refractivity contribution in [1.82, 2.24) is 9.55 Å². The second-order valence-electron chi connectivity index (χ2n) is 4.30. The Labute approximate surface area is 123 Å². The largest absolute Gasteiger partial charge is 0.369 e. The van der Waals surface area contributed by atoms with Gasteiger partial charge in [0.2, 0.25) is 5.95 Å². The number of hydrogen-bond donors (Lipinski definition) is 1. The number of nitrogens with two attached hydrogens (primary N) is 1. The Morgan fingerprint density at radius 2 is 1.95 bits per heavy atom. The highest BCUT2D eigenvalue weighted by atomic mass is 127. The first-order valence-electron chi connectivity index (χ1n) is 5.80. The van der Waals surface area contributed by atoms with Gasteiger partial charge < -0.3 is 10.3 Å². The summed E-state index contributed by atoms with van der Waals surface area (Å²) in [5, 5.41) is 0. The molecule has 0 fully saturated rings. The molecule has 0 bridgehead atoms. The monoisotopic (exact) mass is 367 g/mol. The zero-order chi connectivity index (χ0) is 13.4. The Morgan fingerprint density at radius 3 is 2.68 bits per heavy atom. The van der Waals surface area contributed by atoms with E-state index in [1.165, 1.54) is 6.07 Å². The molecule has 0 spiro atoms. The molecule has 3 nitrogen and oxygen atoms in total. The van der Waals surface area contributed by atoms with E-state index in [9.17, 15) is 4.39 Å². The van der Waals surface area contributed by atoms with Crippen molar-refractivity contribution in [2.24, 2.45) is 0 Å². The number of rotatable bonds is 2. The van der Waals surface area contributed by atoms with Crippen LogP contribution in [0.3, 0.4) is 0 Å². The molecule has 3 rings (SSSR count). The molecule has 96 valence electrons. The lowest BCUT2D eigenvalue weighted by molar-refractivity contribution is 0.621. The lowest BCUT2D eigenvalue weighted by atomic mass is 10.2. The molecule has 0 atom stereocenters. The Bertz CT molecular complexity index is 737. The van der Waals surface area contributed by atoms with Crippen LogP contribution in [0.5, 0.6) is 0 Å². The van der Waals surface area contributed by atoms with E-state index in [-0.39, 0.29) is 5.82 Å². The maximum Gasteiger partial charge on any atom is 0.201 e. The predicted octanol–water partition coefficient (Wildman–Crippen LogP) is 3.41. The fourth-order valence-electron chi connectivity index (χ4n) is 2.07.